The monoisotopic (exact) mass is 884 g/mol. The van der Waals surface area contributed by atoms with Crippen molar-refractivity contribution in [1.29, 1.82) is 0 Å². The van der Waals surface area contributed by atoms with Gasteiger partial charge in [0.25, 0.3) is 0 Å². The maximum atomic E-state index is 13.5. The number of Topliss-reactive ketones (excluding diaryl/α,β-unsaturated/α-hetero) is 2. The Morgan fingerprint density at radius 1 is 0.672 bits per heavy atom. The van der Waals surface area contributed by atoms with E-state index in [1.165, 1.54) is 25.0 Å². The van der Waals surface area contributed by atoms with Gasteiger partial charge in [-0.15, -0.1) is 0 Å². The Hall–Kier alpha value is -6.02. The molecule has 0 saturated heterocycles. The first kappa shape index (κ1) is 44.6. The third-order valence-corrected chi connectivity index (χ3v) is 11.6. The molecule has 7 aromatic rings. The molecule has 0 aliphatic heterocycles. The largest absolute Gasteiger partial charge is 0.389 e. The van der Waals surface area contributed by atoms with Gasteiger partial charge >= 0.3 is 0 Å². The van der Waals surface area contributed by atoms with Crippen molar-refractivity contribution >= 4 is 45.8 Å². The molecule has 0 radical (unpaired) electrons. The smallest absolute Gasteiger partial charge is 0.177 e. The lowest BCUT2D eigenvalue weighted by Gasteiger charge is -2.19. The van der Waals surface area contributed by atoms with Crippen molar-refractivity contribution < 1.29 is 24.2 Å². The van der Waals surface area contributed by atoms with Crippen LogP contribution in [0.4, 0.5) is 15.8 Å². The van der Waals surface area contributed by atoms with Crippen LogP contribution in [0.3, 0.4) is 0 Å². The highest BCUT2D eigenvalue weighted by Crippen LogP contribution is 2.36. The highest BCUT2D eigenvalue weighted by atomic mass is 35.5. The summed E-state index contributed by atoms with van der Waals surface area (Å²) in [5.41, 5.74) is 9.06. The van der Waals surface area contributed by atoms with E-state index in [1.807, 2.05) is 56.3 Å². The van der Waals surface area contributed by atoms with E-state index >= 15 is 0 Å². The summed E-state index contributed by atoms with van der Waals surface area (Å²) in [6.07, 6.45) is 9.40. The predicted octanol–water partition coefficient (Wildman–Crippen LogP) is 10.2. The van der Waals surface area contributed by atoms with Crippen LogP contribution in [0, 0.1) is 31.5 Å². The number of rotatable bonds is 15. The number of imidazole rings is 2. The zero-order chi connectivity index (χ0) is 45.5. The van der Waals surface area contributed by atoms with Gasteiger partial charge in [0.1, 0.15) is 5.82 Å². The first-order valence-corrected chi connectivity index (χ1v) is 22.2. The van der Waals surface area contributed by atoms with E-state index in [-0.39, 0.29) is 17.4 Å². The van der Waals surface area contributed by atoms with E-state index in [1.54, 1.807) is 67.3 Å². The van der Waals surface area contributed by atoms with E-state index in [9.17, 15) is 24.2 Å². The molecule has 2 aliphatic rings. The van der Waals surface area contributed by atoms with Gasteiger partial charge in [0.15, 0.2) is 28.0 Å². The van der Waals surface area contributed by atoms with Crippen molar-refractivity contribution in [3.8, 4) is 33.8 Å². The fourth-order valence-electron chi connectivity index (χ4n) is 7.61. The average molecular weight is 885 g/mol. The second kappa shape index (κ2) is 17.9. The number of ketones is 2. The maximum Gasteiger partial charge on any atom is 0.177 e. The van der Waals surface area contributed by atoms with Crippen LogP contribution in [0.15, 0.2) is 85.2 Å². The quantitative estimate of drug-likeness (QED) is 0.0730. The first-order chi connectivity index (χ1) is 30.4. The Labute approximate surface area is 376 Å². The fourth-order valence-corrected chi connectivity index (χ4v) is 7.79. The molecule has 9 rings (SSSR count). The topological polar surface area (TPSA) is 159 Å². The summed E-state index contributed by atoms with van der Waals surface area (Å²) in [6, 6.07) is 21.4. The summed E-state index contributed by atoms with van der Waals surface area (Å²) in [6.45, 7) is 11.5. The lowest BCUT2D eigenvalue weighted by Crippen LogP contribution is -2.29. The Morgan fingerprint density at radius 3 is 1.55 bits per heavy atom. The van der Waals surface area contributed by atoms with Gasteiger partial charge in [0.05, 0.1) is 52.1 Å². The number of aromatic nitrogens is 6. The standard InChI is InChI=1S/C28H29FN4O2.C22H25ClN4O2/c1-17-12-20(8-11-22(17)26(34)13-18-4-5-18)25-15-30-27-24(31-16-28(2,3)35)14-23(32-33(25)27)19-6-9-21(29)10-7-19;1-13-8-15(6-7-16(13)19(28)9-14-4-5-14)18-11-24-21-17(25-12-22(2,3)29)10-20(23)26-27(18)21/h6-12,14-15,18,31,35H,4-5,13,16H2,1-3H3;6-8,10-11,14,25,29H,4-5,9,12H2,1-3H3. The number of carbonyl (C=O) groups is 2. The van der Waals surface area contributed by atoms with Gasteiger partial charge in [-0.3, -0.25) is 9.59 Å². The number of anilines is 2. The highest BCUT2D eigenvalue weighted by Gasteiger charge is 2.27. The van der Waals surface area contributed by atoms with Crippen molar-refractivity contribution in [1.82, 2.24) is 29.2 Å². The number of aryl methyl sites for hydroxylation is 2. The zero-order valence-electron chi connectivity index (χ0n) is 37.0. The first-order valence-electron chi connectivity index (χ1n) is 21.8. The Kier molecular flexibility index (Phi) is 12.4. The van der Waals surface area contributed by atoms with Crippen molar-refractivity contribution in [2.75, 3.05) is 23.7 Å². The third-order valence-electron chi connectivity index (χ3n) is 11.5. The van der Waals surface area contributed by atoms with E-state index in [2.05, 4.69) is 25.7 Å². The number of carbonyl (C=O) groups excluding carboxylic acids is 2. The molecule has 3 aromatic carbocycles. The molecule has 0 spiro atoms. The molecule has 332 valence electrons. The summed E-state index contributed by atoms with van der Waals surface area (Å²) in [5.74, 6) is 1.22. The van der Waals surface area contributed by atoms with E-state index in [0.717, 1.165) is 63.2 Å². The van der Waals surface area contributed by atoms with Crippen LogP contribution in [0.1, 0.15) is 98.1 Å². The molecule has 4 heterocycles. The van der Waals surface area contributed by atoms with E-state index in [4.69, 9.17) is 16.7 Å². The van der Waals surface area contributed by atoms with Gasteiger partial charge in [-0.2, -0.15) is 10.2 Å². The average Bonchev–Trinajstić information content (AvgIpc) is 4.15. The van der Waals surface area contributed by atoms with Gasteiger partial charge in [-0.05, 0) is 133 Å². The number of aliphatic hydroxyl groups is 2. The second-order valence-corrected chi connectivity index (χ2v) is 19.0. The number of fused-ring (bicyclic) bond motifs is 2. The van der Waals surface area contributed by atoms with Crippen LogP contribution >= 0.6 is 11.6 Å². The summed E-state index contributed by atoms with van der Waals surface area (Å²) in [7, 11) is 0. The van der Waals surface area contributed by atoms with Crippen LogP contribution < -0.4 is 10.6 Å². The lowest BCUT2D eigenvalue weighted by molar-refractivity contribution is 0.0939. The molecule has 0 bridgehead atoms. The van der Waals surface area contributed by atoms with Crippen LogP contribution in [0.2, 0.25) is 5.15 Å². The van der Waals surface area contributed by atoms with E-state index in [0.29, 0.717) is 71.3 Å². The number of hydrogen-bond donors (Lipinski definition) is 4. The van der Waals surface area contributed by atoms with Crippen LogP contribution in [-0.2, 0) is 0 Å². The van der Waals surface area contributed by atoms with Gasteiger partial charge in [0, 0.05) is 59.8 Å². The minimum Gasteiger partial charge on any atom is -0.389 e. The molecule has 2 saturated carbocycles. The number of hydrogen-bond acceptors (Lipinski definition) is 10. The lowest BCUT2D eigenvalue weighted by atomic mass is 9.98. The van der Waals surface area contributed by atoms with Crippen LogP contribution in [-0.4, -0.2) is 75.3 Å². The number of nitrogens with zero attached hydrogens (tertiary/aromatic N) is 6. The molecule has 0 unspecified atom stereocenters. The molecule has 4 aromatic heterocycles. The molecule has 2 fully saturated rings. The Morgan fingerprint density at radius 2 is 1.11 bits per heavy atom. The van der Waals surface area contributed by atoms with Crippen molar-refractivity contribution in [2.45, 2.75) is 91.3 Å². The normalized spacial score (nSPS) is 14.1. The molecule has 64 heavy (non-hydrogen) atoms. The third kappa shape index (κ3) is 10.7. The van der Waals surface area contributed by atoms with Crippen LogP contribution in [0.5, 0.6) is 0 Å². The van der Waals surface area contributed by atoms with Gasteiger partial charge in [0.2, 0.25) is 0 Å². The van der Waals surface area contributed by atoms with Crippen molar-refractivity contribution in [3.63, 3.8) is 0 Å². The summed E-state index contributed by atoms with van der Waals surface area (Å²) in [4.78, 5) is 34.3. The maximum absolute atomic E-state index is 13.5. The van der Waals surface area contributed by atoms with Gasteiger partial charge < -0.3 is 20.8 Å². The van der Waals surface area contributed by atoms with Gasteiger partial charge in [-0.1, -0.05) is 35.9 Å². The summed E-state index contributed by atoms with van der Waals surface area (Å²) < 4.78 is 17.0. The molecule has 12 nitrogen and oxygen atoms in total. The molecule has 4 N–H and O–H groups in total. The number of halogens is 2. The molecule has 14 heteroatoms. The summed E-state index contributed by atoms with van der Waals surface area (Å²) in [5, 5.41) is 36.2. The molecular formula is C50H54ClFN8O4. The number of benzene rings is 3. The van der Waals surface area contributed by atoms with Gasteiger partial charge in [-0.25, -0.2) is 23.4 Å². The zero-order valence-corrected chi connectivity index (χ0v) is 37.8. The van der Waals surface area contributed by atoms with E-state index < -0.39 is 11.2 Å². The summed E-state index contributed by atoms with van der Waals surface area (Å²) >= 11 is 6.24. The highest BCUT2D eigenvalue weighted by molar-refractivity contribution is 6.29. The minimum absolute atomic E-state index is 0.199. The van der Waals surface area contributed by atoms with Crippen LogP contribution in [0.25, 0.3) is 45.1 Å². The Bertz CT molecular complexity index is 2870. The molecular weight excluding hydrogens is 831 g/mol. The number of nitrogens with one attached hydrogen (secondary N) is 2. The Balaban J connectivity index is 0.000000178. The van der Waals surface area contributed by atoms with Crippen molar-refractivity contribution in [2.24, 2.45) is 11.8 Å². The predicted molar refractivity (Wildman–Crippen MR) is 250 cm³/mol. The fraction of sp³-hybridized carbons (Fsp3) is 0.360. The minimum atomic E-state index is -0.925. The SMILES string of the molecule is Cc1cc(-c2cnc3c(NCC(C)(C)O)cc(-c4ccc(F)cc4)nn23)ccc1C(=O)CC1CC1.Cc1cc(-c2cnc3c(NCC(C)(C)O)cc(Cl)nn23)ccc1C(=O)CC1CC1. The molecule has 0 amide bonds. The molecule has 2 aliphatic carbocycles. The molecule has 0 atom stereocenters. The van der Waals surface area contributed by atoms with Crippen molar-refractivity contribution in [3.05, 3.63) is 118 Å². The second-order valence-electron chi connectivity index (χ2n) is 18.6.